The molecule has 5 nitrogen and oxygen atoms in total. The molecule has 1 saturated carbocycles. The Balaban J connectivity index is 1.53. The topological polar surface area (TPSA) is 66.8 Å². The number of likely N-dealkylation sites (tertiary alicyclic amines) is 1. The van der Waals surface area contributed by atoms with Gasteiger partial charge >= 0.3 is 5.97 Å². The van der Waals surface area contributed by atoms with Crippen molar-refractivity contribution in [1.29, 1.82) is 0 Å². The monoisotopic (exact) mass is 211 g/mol. The van der Waals surface area contributed by atoms with E-state index in [1.807, 2.05) is 0 Å². The van der Waals surface area contributed by atoms with Crippen LogP contribution in [0.2, 0.25) is 0 Å². The van der Waals surface area contributed by atoms with Crippen LogP contribution in [0.5, 0.6) is 0 Å². The van der Waals surface area contributed by atoms with E-state index in [1.54, 1.807) is 4.90 Å². The van der Waals surface area contributed by atoms with Gasteiger partial charge in [-0.3, -0.25) is 9.59 Å². The zero-order valence-electron chi connectivity index (χ0n) is 8.26. The highest BCUT2D eigenvalue weighted by atomic mass is 16.5. The predicted molar refractivity (Wildman–Crippen MR) is 49.0 cm³/mol. The standard InChI is InChI=1S/C10H13NO4/c12-9(8-6-3-15-4-7(6)8)11-1-5(2-11)10(13)14/h5-8H,1-4H2,(H,13,14). The largest absolute Gasteiger partial charge is 0.481 e. The Hall–Kier alpha value is -1.10. The maximum Gasteiger partial charge on any atom is 0.310 e. The highest BCUT2D eigenvalue weighted by Gasteiger charge is 2.59. The summed E-state index contributed by atoms with van der Waals surface area (Å²) in [6, 6.07) is 0. The Morgan fingerprint density at radius 1 is 1.20 bits per heavy atom. The van der Waals surface area contributed by atoms with Crippen LogP contribution < -0.4 is 0 Å². The fraction of sp³-hybridized carbons (Fsp3) is 0.800. The third-order valence-corrected chi connectivity index (χ3v) is 3.78. The van der Waals surface area contributed by atoms with E-state index < -0.39 is 5.97 Å². The number of rotatable bonds is 2. The number of aliphatic carboxylic acids is 1. The van der Waals surface area contributed by atoms with Crippen molar-refractivity contribution >= 4 is 11.9 Å². The number of carbonyl (C=O) groups is 2. The lowest BCUT2D eigenvalue weighted by atomic mass is 9.99. The van der Waals surface area contributed by atoms with Crippen LogP contribution in [0.1, 0.15) is 0 Å². The molecule has 3 rings (SSSR count). The van der Waals surface area contributed by atoms with Gasteiger partial charge in [-0.25, -0.2) is 0 Å². The molecular formula is C10H13NO4. The van der Waals surface area contributed by atoms with Crippen molar-refractivity contribution < 1.29 is 19.4 Å². The van der Waals surface area contributed by atoms with Gasteiger partial charge in [0.2, 0.25) is 5.91 Å². The number of carbonyl (C=O) groups excluding carboxylic acids is 1. The normalized spacial score (nSPS) is 38.4. The molecule has 82 valence electrons. The van der Waals surface area contributed by atoms with Gasteiger partial charge in [0.25, 0.3) is 0 Å². The van der Waals surface area contributed by atoms with Gasteiger partial charge in [0.1, 0.15) is 0 Å². The summed E-state index contributed by atoms with van der Waals surface area (Å²) >= 11 is 0. The van der Waals surface area contributed by atoms with E-state index in [2.05, 4.69) is 0 Å². The first-order valence-electron chi connectivity index (χ1n) is 5.28. The zero-order valence-corrected chi connectivity index (χ0v) is 8.26. The molecule has 0 bridgehead atoms. The van der Waals surface area contributed by atoms with Crippen LogP contribution in [0.4, 0.5) is 0 Å². The number of amides is 1. The van der Waals surface area contributed by atoms with Crippen LogP contribution in [0.15, 0.2) is 0 Å². The van der Waals surface area contributed by atoms with E-state index in [-0.39, 0.29) is 17.7 Å². The van der Waals surface area contributed by atoms with Gasteiger partial charge in [0, 0.05) is 19.0 Å². The molecule has 2 saturated heterocycles. The van der Waals surface area contributed by atoms with Gasteiger partial charge in [0.15, 0.2) is 0 Å². The van der Waals surface area contributed by atoms with E-state index >= 15 is 0 Å². The van der Waals surface area contributed by atoms with Crippen molar-refractivity contribution in [2.75, 3.05) is 26.3 Å². The third-order valence-electron chi connectivity index (χ3n) is 3.78. The molecule has 15 heavy (non-hydrogen) atoms. The summed E-state index contributed by atoms with van der Waals surface area (Å²) in [5, 5.41) is 8.69. The van der Waals surface area contributed by atoms with E-state index in [4.69, 9.17) is 9.84 Å². The first-order chi connectivity index (χ1) is 7.18. The van der Waals surface area contributed by atoms with Crippen LogP contribution in [-0.2, 0) is 14.3 Å². The number of hydrogen-bond donors (Lipinski definition) is 1. The van der Waals surface area contributed by atoms with Crippen molar-refractivity contribution in [2.24, 2.45) is 23.7 Å². The molecule has 1 amide bonds. The van der Waals surface area contributed by atoms with E-state index in [1.165, 1.54) is 0 Å². The highest BCUT2D eigenvalue weighted by Crippen LogP contribution is 2.52. The summed E-state index contributed by atoms with van der Waals surface area (Å²) in [5.41, 5.74) is 0. The third kappa shape index (κ3) is 1.26. The Kier molecular flexibility index (Phi) is 1.80. The molecule has 2 heterocycles. The Morgan fingerprint density at radius 3 is 2.33 bits per heavy atom. The molecule has 1 aliphatic carbocycles. The average Bonchev–Trinajstić information content (AvgIpc) is 2.57. The van der Waals surface area contributed by atoms with Crippen molar-refractivity contribution in [2.45, 2.75) is 0 Å². The molecule has 1 N–H and O–H groups in total. The maximum absolute atomic E-state index is 11.8. The van der Waals surface area contributed by atoms with Crippen LogP contribution in [-0.4, -0.2) is 48.2 Å². The minimum Gasteiger partial charge on any atom is -0.481 e. The lowest BCUT2D eigenvalue weighted by molar-refractivity contribution is -0.153. The number of ether oxygens (including phenoxy) is 1. The summed E-state index contributed by atoms with van der Waals surface area (Å²) in [6.07, 6.45) is 0. The van der Waals surface area contributed by atoms with Crippen LogP contribution in [0.3, 0.4) is 0 Å². The molecular weight excluding hydrogens is 198 g/mol. The quantitative estimate of drug-likeness (QED) is 0.663. The van der Waals surface area contributed by atoms with Gasteiger partial charge in [0.05, 0.1) is 19.1 Å². The number of fused-ring (bicyclic) bond motifs is 1. The minimum atomic E-state index is -0.793. The summed E-state index contributed by atoms with van der Waals surface area (Å²) in [6.45, 7) is 2.20. The van der Waals surface area contributed by atoms with E-state index in [9.17, 15) is 9.59 Å². The lowest BCUT2D eigenvalue weighted by Gasteiger charge is -2.37. The van der Waals surface area contributed by atoms with Gasteiger partial charge < -0.3 is 14.7 Å². The van der Waals surface area contributed by atoms with E-state index in [0.717, 1.165) is 0 Å². The molecule has 3 aliphatic rings. The molecule has 0 spiro atoms. The minimum absolute atomic E-state index is 0.133. The van der Waals surface area contributed by atoms with Crippen molar-refractivity contribution in [3.8, 4) is 0 Å². The molecule has 0 aromatic rings. The number of nitrogens with zero attached hydrogens (tertiary/aromatic N) is 1. The van der Waals surface area contributed by atoms with E-state index in [0.29, 0.717) is 38.1 Å². The second kappa shape index (κ2) is 2.95. The van der Waals surface area contributed by atoms with Gasteiger partial charge in [-0.15, -0.1) is 0 Å². The Labute approximate surface area is 87.0 Å². The molecule has 5 heteroatoms. The Bertz CT molecular complexity index is 313. The van der Waals surface area contributed by atoms with Crippen LogP contribution in [0.25, 0.3) is 0 Å². The maximum atomic E-state index is 11.8. The predicted octanol–water partition coefficient (Wildman–Crippen LogP) is -0.578. The summed E-state index contributed by atoms with van der Waals surface area (Å²) < 4.78 is 5.21. The smallest absolute Gasteiger partial charge is 0.310 e. The molecule has 0 radical (unpaired) electrons. The summed E-state index contributed by atoms with van der Waals surface area (Å²) in [5.74, 6) is -0.0239. The highest BCUT2D eigenvalue weighted by molar-refractivity contribution is 5.85. The van der Waals surface area contributed by atoms with Gasteiger partial charge in [-0.2, -0.15) is 0 Å². The summed E-state index contributed by atoms with van der Waals surface area (Å²) in [4.78, 5) is 24.1. The van der Waals surface area contributed by atoms with Gasteiger partial charge in [-0.1, -0.05) is 0 Å². The number of carboxylic acid groups (broad SMARTS) is 1. The van der Waals surface area contributed by atoms with Crippen molar-refractivity contribution in [3.05, 3.63) is 0 Å². The molecule has 0 aromatic carbocycles. The average molecular weight is 211 g/mol. The molecule has 0 aromatic heterocycles. The Morgan fingerprint density at radius 2 is 1.80 bits per heavy atom. The zero-order chi connectivity index (χ0) is 10.6. The molecule has 2 atom stereocenters. The lowest BCUT2D eigenvalue weighted by Crippen LogP contribution is -2.54. The molecule has 2 unspecified atom stereocenters. The first-order valence-corrected chi connectivity index (χ1v) is 5.28. The fourth-order valence-corrected chi connectivity index (χ4v) is 2.63. The number of hydrogen-bond acceptors (Lipinski definition) is 3. The summed E-state index contributed by atoms with van der Waals surface area (Å²) in [7, 11) is 0. The SMILES string of the molecule is O=C(O)C1CN(C(=O)C2C3COCC32)C1. The molecule has 2 aliphatic heterocycles. The number of carboxylic acids is 1. The fourth-order valence-electron chi connectivity index (χ4n) is 2.63. The van der Waals surface area contributed by atoms with Gasteiger partial charge in [-0.05, 0) is 11.8 Å². The second-order valence-corrected chi connectivity index (χ2v) is 4.67. The second-order valence-electron chi connectivity index (χ2n) is 4.67. The van der Waals surface area contributed by atoms with Crippen LogP contribution >= 0.6 is 0 Å². The van der Waals surface area contributed by atoms with Crippen molar-refractivity contribution in [1.82, 2.24) is 4.90 Å². The molecule has 3 fully saturated rings. The first kappa shape index (κ1) is 9.15. The van der Waals surface area contributed by atoms with Crippen molar-refractivity contribution in [3.63, 3.8) is 0 Å². The van der Waals surface area contributed by atoms with Crippen LogP contribution in [0, 0.1) is 23.7 Å².